The highest BCUT2D eigenvalue weighted by Gasteiger charge is 2.22. The second-order valence-electron chi connectivity index (χ2n) is 3.79. The molecule has 4 nitrogen and oxygen atoms in total. The van der Waals surface area contributed by atoms with Gasteiger partial charge in [-0.2, -0.15) is 5.10 Å². The van der Waals surface area contributed by atoms with Gasteiger partial charge in [0, 0.05) is 32.7 Å². The Morgan fingerprint density at radius 2 is 2.43 bits per heavy atom. The number of hydrogen-bond donors (Lipinski definition) is 1. The molecule has 0 aromatic carbocycles. The summed E-state index contributed by atoms with van der Waals surface area (Å²) in [6.07, 6.45) is 1.85. The van der Waals surface area contributed by atoms with E-state index in [0.29, 0.717) is 6.04 Å². The molecule has 2 heterocycles. The van der Waals surface area contributed by atoms with Gasteiger partial charge in [0.25, 0.3) is 0 Å². The highest BCUT2D eigenvalue weighted by molar-refractivity contribution is 9.10. The largest absolute Gasteiger partial charge is 0.314 e. The molecule has 1 aromatic rings. The van der Waals surface area contributed by atoms with Crippen LogP contribution in [0.2, 0.25) is 0 Å². The summed E-state index contributed by atoms with van der Waals surface area (Å²) in [5.41, 5.74) is 1.24. The van der Waals surface area contributed by atoms with E-state index >= 15 is 0 Å². The van der Waals surface area contributed by atoms with Crippen LogP contribution < -0.4 is 5.32 Å². The fourth-order valence-electron chi connectivity index (χ4n) is 1.56. The highest BCUT2D eigenvalue weighted by Crippen LogP contribution is 2.17. The van der Waals surface area contributed by atoms with Crippen molar-refractivity contribution in [3.05, 3.63) is 16.4 Å². The van der Waals surface area contributed by atoms with Crippen molar-refractivity contribution in [3.8, 4) is 0 Å². The van der Waals surface area contributed by atoms with Crippen LogP contribution in [0.3, 0.4) is 0 Å². The number of nitrogens with one attached hydrogen (secondary N) is 1. The fourth-order valence-corrected chi connectivity index (χ4v) is 2.04. The zero-order valence-electron chi connectivity index (χ0n) is 8.50. The van der Waals surface area contributed by atoms with Gasteiger partial charge in [-0.25, -0.2) is 0 Å². The van der Waals surface area contributed by atoms with Crippen LogP contribution in [0, 0.1) is 0 Å². The van der Waals surface area contributed by atoms with Gasteiger partial charge < -0.3 is 5.32 Å². The summed E-state index contributed by atoms with van der Waals surface area (Å²) in [6, 6.07) is 0.678. The minimum atomic E-state index is 0.678. The van der Waals surface area contributed by atoms with Crippen LogP contribution >= 0.6 is 15.9 Å². The number of halogens is 1. The van der Waals surface area contributed by atoms with Crippen molar-refractivity contribution in [2.45, 2.75) is 12.6 Å². The van der Waals surface area contributed by atoms with Gasteiger partial charge in [0.2, 0.25) is 0 Å². The topological polar surface area (TPSA) is 33.1 Å². The van der Waals surface area contributed by atoms with Crippen molar-refractivity contribution in [2.75, 3.05) is 20.1 Å². The Hall–Kier alpha value is -0.390. The van der Waals surface area contributed by atoms with E-state index in [2.05, 4.69) is 38.3 Å². The first-order valence-corrected chi connectivity index (χ1v) is 5.55. The smallest absolute Gasteiger partial charge is 0.0663 e. The van der Waals surface area contributed by atoms with Crippen LogP contribution in [0.5, 0.6) is 0 Å². The number of likely N-dealkylation sites (N-methyl/N-ethyl adjacent to an activating group) is 1. The molecule has 0 spiro atoms. The van der Waals surface area contributed by atoms with Gasteiger partial charge in [-0.3, -0.25) is 9.58 Å². The lowest BCUT2D eigenvalue weighted by Gasteiger charge is -2.35. The molecular formula is C9H15BrN4. The van der Waals surface area contributed by atoms with Crippen LogP contribution in [0.15, 0.2) is 10.7 Å². The standard InChI is InChI=1S/C9H15BrN4/c1-13(7-3-11-4-7)6-9-8(10)5-12-14(9)2/h5,7,11H,3-4,6H2,1-2H3. The van der Waals surface area contributed by atoms with E-state index in [1.165, 1.54) is 5.69 Å². The van der Waals surface area contributed by atoms with E-state index in [-0.39, 0.29) is 0 Å². The zero-order chi connectivity index (χ0) is 10.1. The first kappa shape index (κ1) is 10.1. The van der Waals surface area contributed by atoms with Crippen LogP contribution in [0.4, 0.5) is 0 Å². The van der Waals surface area contributed by atoms with Crippen LogP contribution in [0.25, 0.3) is 0 Å². The lowest BCUT2D eigenvalue weighted by molar-refractivity contribution is 0.169. The number of aromatic nitrogens is 2. The summed E-state index contributed by atoms with van der Waals surface area (Å²) in [6.45, 7) is 3.15. The van der Waals surface area contributed by atoms with Crippen molar-refractivity contribution < 1.29 is 0 Å². The third kappa shape index (κ3) is 1.85. The molecule has 5 heteroatoms. The molecule has 78 valence electrons. The summed E-state index contributed by atoms with van der Waals surface area (Å²) in [5.74, 6) is 0. The molecule has 1 fully saturated rings. The maximum atomic E-state index is 4.20. The Balaban J connectivity index is 2.02. The molecule has 0 radical (unpaired) electrons. The van der Waals surface area contributed by atoms with Crippen LogP contribution in [-0.2, 0) is 13.6 Å². The van der Waals surface area contributed by atoms with Crippen molar-refractivity contribution >= 4 is 15.9 Å². The van der Waals surface area contributed by atoms with E-state index in [1.807, 2.05) is 17.9 Å². The van der Waals surface area contributed by atoms with Crippen molar-refractivity contribution in [1.29, 1.82) is 0 Å². The van der Waals surface area contributed by atoms with Gasteiger partial charge >= 0.3 is 0 Å². The normalized spacial score (nSPS) is 17.4. The summed E-state index contributed by atoms with van der Waals surface area (Å²) in [4.78, 5) is 2.36. The van der Waals surface area contributed by atoms with Gasteiger partial charge in [-0.05, 0) is 23.0 Å². The molecule has 0 saturated carbocycles. The molecule has 14 heavy (non-hydrogen) atoms. The Morgan fingerprint density at radius 1 is 1.71 bits per heavy atom. The minimum Gasteiger partial charge on any atom is -0.314 e. The monoisotopic (exact) mass is 258 g/mol. The molecule has 1 aliphatic heterocycles. The number of aryl methyl sites for hydroxylation is 1. The van der Waals surface area contributed by atoms with Gasteiger partial charge in [0.15, 0.2) is 0 Å². The summed E-state index contributed by atoms with van der Waals surface area (Å²) < 4.78 is 3.02. The van der Waals surface area contributed by atoms with Gasteiger partial charge in [-0.15, -0.1) is 0 Å². The number of rotatable bonds is 3. The van der Waals surface area contributed by atoms with E-state index in [9.17, 15) is 0 Å². The average molecular weight is 259 g/mol. The number of hydrogen-bond acceptors (Lipinski definition) is 3. The Labute approximate surface area is 92.4 Å². The molecule has 0 bridgehead atoms. The Morgan fingerprint density at radius 3 is 2.86 bits per heavy atom. The second-order valence-corrected chi connectivity index (χ2v) is 4.64. The molecule has 0 aliphatic carbocycles. The summed E-state index contributed by atoms with van der Waals surface area (Å²) in [5, 5.41) is 7.48. The predicted molar refractivity (Wildman–Crippen MR) is 59.0 cm³/mol. The molecular weight excluding hydrogens is 244 g/mol. The third-order valence-electron chi connectivity index (χ3n) is 2.79. The fraction of sp³-hybridized carbons (Fsp3) is 0.667. The third-order valence-corrected chi connectivity index (χ3v) is 3.46. The average Bonchev–Trinajstić information content (AvgIpc) is 2.32. The molecule has 2 rings (SSSR count). The molecule has 1 aliphatic rings. The van der Waals surface area contributed by atoms with Gasteiger partial charge in [-0.1, -0.05) is 0 Å². The molecule has 0 amide bonds. The first-order valence-electron chi connectivity index (χ1n) is 4.76. The Kier molecular flexibility index (Phi) is 2.90. The molecule has 1 N–H and O–H groups in total. The molecule has 1 aromatic heterocycles. The van der Waals surface area contributed by atoms with E-state index in [1.54, 1.807) is 0 Å². The minimum absolute atomic E-state index is 0.678. The zero-order valence-corrected chi connectivity index (χ0v) is 10.1. The highest BCUT2D eigenvalue weighted by atomic mass is 79.9. The molecule has 0 unspecified atom stereocenters. The quantitative estimate of drug-likeness (QED) is 0.862. The summed E-state index contributed by atoms with van der Waals surface area (Å²) in [7, 11) is 4.14. The van der Waals surface area contributed by atoms with Gasteiger partial charge in [0.1, 0.15) is 0 Å². The maximum absolute atomic E-state index is 4.20. The first-order chi connectivity index (χ1) is 6.68. The lowest BCUT2D eigenvalue weighted by atomic mass is 10.1. The van der Waals surface area contributed by atoms with Crippen molar-refractivity contribution in [1.82, 2.24) is 20.0 Å². The second kappa shape index (κ2) is 4.00. The summed E-state index contributed by atoms with van der Waals surface area (Å²) >= 11 is 3.51. The molecule has 1 saturated heterocycles. The number of nitrogens with zero attached hydrogens (tertiary/aromatic N) is 3. The van der Waals surface area contributed by atoms with Crippen molar-refractivity contribution in [2.24, 2.45) is 7.05 Å². The SMILES string of the molecule is CN(Cc1c(Br)cnn1C)C1CNC1. The lowest BCUT2D eigenvalue weighted by Crippen LogP contribution is -2.55. The predicted octanol–water partition coefficient (Wildman–Crippen LogP) is 0.586. The maximum Gasteiger partial charge on any atom is 0.0663 e. The van der Waals surface area contributed by atoms with E-state index in [0.717, 1.165) is 24.1 Å². The van der Waals surface area contributed by atoms with E-state index in [4.69, 9.17) is 0 Å². The Bertz CT molecular complexity index is 299. The van der Waals surface area contributed by atoms with Crippen molar-refractivity contribution in [3.63, 3.8) is 0 Å². The molecule has 0 atom stereocenters. The van der Waals surface area contributed by atoms with E-state index < -0.39 is 0 Å². The van der Waals surface area contributed by atoms with Crippen LogP contribution in [-0.4, -0.2) is 40.9 Å². The van der Waals surface area contributed by atoms with Crippen LogP contribution in [0.1, 0.15) is 5.69 Å². The van der Waals surface area contributed by atoms with Gasteiger partial charge in [0.05, 0.1) is 16.4 Å².